The zero-order chi connectivity index (χ0) is 15.6. The van der Waals surface area contributed by atoms with Crippen LogP contribution in [0.2, 0.25) is 0 Å². The predicted molar refractivity (Wildman–Crippen MR) is 91.5 cm³/mol. The molecule has 5 nitrogen and oxygen atoms in total. The van der Waals surface area contributed by atoms with Crippen molar-refractivity contribution in [2.45, 2.75) is 25.3 Å². The second kappa shape index (κ2) is 6.28. The summed E-state index contributed by atoms with van der Waals surface area (Å²) in [5.41, 5.74) is 2.22. The van der Waals surface area contributed by atoms with Crippen molar-refractivity contribution < 1.29 is 9.53 Å². The first-order valence-corrected chi connectivity index (χ1v) is 8.85. The summed E-state index contributed by atoms with van der Waals surface area (Å²) in [6.45, 7) is 2.39. The van der Waals surface area contributed by atoms with Crippen molar-refractivity contribution in [3.63, 3.8) is 0 Å². The summed E-state index contributed by atoms with van der Waals surface area (Å²) in [7, 11) is 0. The first-order valence-electron chi connectivity index (χ1n) is 7.97. The number of thioether (sulfide) groups is 1. The second-order valence-electron chi connectivity index (χ2n) is 5.96. The van der Waals surface area contributed by atoms with Gasteiger partial charge in [-0.05, 0) is 29.9 Å². The van der Waals surface area contributed by atoms with E-state index in [4.69, 9.17) is 4.74 Å². The molecule has 0 spiro atoms. The van der Waals surface area contributed by atoms with Crippen LogP contribution in [0.15, 0.2) is 40.4 Å². The van der Waals surface area contributed by atoms with E-state index in [9.17, 15) is 4.79 Å². The van der Waals surface area contributed by atoms with Gasteiger partial charge in [-0.2, -0.15) is 0 Å². The highest BCUT2D eigenvalue weighted by Gasteiger charge is 2.27. The van der Waals surface area contributed by atoms with Crippen molar-refractivity contribution >= 4 is 22.8 Å². The highest BCUT2D eigenvalue weighted by atomic mass is 32.2. The Bertz CT molecular complexity index is 686. The van der Waals surface area contributed by atoms with Gasteiger partial charge in [-0.3, -0.25) is 9.79 Å². The molecule has 1 aromatic rings. The first kappa shape index (κ1) is 14.6. The number of carbonyl (C=O) groups excluding carboxylic acids is 1. The van der Waals surface area contributed by atoms with Crippen LogP contribution >= 0.6 is 11.8 Å². The summed E-state index contributed by atoms with van der Waals surface area (Å²) in [6, 6.07) is 8.05. The Balaban J connectivity index is 1.35. The highest BCUT2D eigenvalue weighted by molar-refractivity contribution is 8.16. The van der Waals surface area contributed by atoms with Gasteiger partial charge in [0.15, 0.2) is 5.17 Å². The lowest BCUT2D eigenvalue weighted by Gasteiger charge is -2.27. The molecule has 0 aromatic heterocycles. The van der Waals surface area contributed by atoms with Gasteiger partial charge in [0.05, 0.1) is 12.5 Å². The molecule has 0 fully saturated rings. The van der Waals surface area contributed by atoms with Crippen LogP contribution in [0, 0.1) is 0 Å². The van der Waals surface area contributed by atoms with Crippen LogP contribution in [0.5, 0.6) is 5.75 Å². The molecule has 6 heteroatoms. The summed E-state index contributed by atoms with van der Waals surface area (Å²) in [5, 5.41) is 6.19. The van der Waals surface area contributed by atoms with Crippen molar-refractivity contribution in [2.75, 3.05) is 19.7 Å². The van der Waals surface area contributed by atoms with Gasteiger partial charge in [-0.15, -0.1) is 0 Å². The maximum Gasteiger partial charge on any atom is 0.226 e. The van der Waals surface area contributed by atoms with E-state index >= 15 is 0 Å². The Hall–Kier alpha value is -1.95. The summed E-state index contributed by atoms with van der Waals surface area (Å²) < 4.78 is 5.73. The molecule has 1 atom stereocenters. The quantitative estimate of drug-likeness (QED) is 0.923. The van der Waals surface area contributed by atoms with E-state index in [-0.39, 0.29) is 11.9 Å². The van der Waals surface area contributed by atoms with Crippen LogP contribution in [0.25, 0.3) is 0 Å². The topological polar surface area (TPSA) is 53.9 Å². The number of benzene rings is 1. The molecule has 3 heterocycles. The van der Waals surface area contributed by atoms with Gasteiger partial charge in [-0.25, -0.2) is 0 Å². The predicted octanol–water partition coefficient (Wildman–Crippen LogP) is 2.15. The number of nitrogens with zero attached hydrogens (tertiary/aromatic N) is 2. The lowest BCUT2D eigenvalue weighted by molar-refractivity contribution is -0.121. The molecule has 0 bridgehead atoms. The summed E-state index contributed by atoms with van der Waals surface area (Å²) in [4.78, 5) is 19.0. The number of ether oxygens (including phenoxy) is 1. The number of hydrogen-bond donors (Lipinski definition) is 1. The molecule has 0 saturated carbocycles. The molecule has 0 saturated heterocycles. The first-order chi connectivity index (χ1) is 11.3. The number of aliphatic imine (C=N–C) groups is 1. The van der Waals surface area contributed by atoms with Crippen LogP contribution < -0.4 is 10.1 Å². The van der Waals surface area contributed by atoms with Gasteiger partial charge in [0.1, 0.15) is 12.4 Å². The monoisotopic (exact) mass is 329 g/mol. The van der Waals surface area contributed by atoms with Crippen molar-refractivity contribution in [3.8, 4) is 5.75 Å². The van der Waals surface area contributed by atoms with Crippen LogP contribution in [0.3, 0.4) is 0 Å². The van der Waals surface area contributed by atoms with Gasteiger partial charge >= 0.3 is 0 Å². The molecule has 1 amide bonds. The minimum Gasteiger partial charge on any atom is -0.491 e. The van der Waals surface area contributed by atoms with Crippen molar-refractivity contribution in [1.82, 2.24) is 10.2 Å². The molecular weight excluding hydrogens is 310 g/mol. The van der Waals surface area contributed by atoms with E-state index in [1.165, 1.54) is 0 Å². The highest BCUT2D eigenvalue weighted by Crippen LogP contribution is 2.30. The SMILES string of the molecule is O=C(CC1=CSC2=NCCCN12)N[C@H]1COc2ccccc2C1. The number of carbonyl (C=O) groups is 1. The third-order valence-electron chi connectivity index (χ3n) is 4.25. The fourth-order valence-corrected chi connectivity index (χ4v) is 4.09. The molecule has 3 aliphatic rings. The van der Waals surface area contributed by atoms with Gasteiger partial charge < -0.3 is 15.0 Å². The number of nitrogens with one attached hydrogen (secondary N) is 1. The lowest BCUT2D eigenvalue weighted by atomic mass is 10.0. The number of hydrogen-bond acceptors (Lipinski definition) is 5. The number of fused-ring (bicyclic) bond motifs is 2. The van der Waals surface area contributed by atoms with Gasteiger partial charge in [0.2, 0.25) is 5.91 Å². The van der Waals surface area contributed by atoms with Gasteiger partial charge in [0, 0.05) is 18.8 Å². The zero-order valence-electron chi connectivity index (χ0n) is 12.8. The molecule has 4 rings (SSSR count). The molecule has 3 aliphatic heterocycles. The fourth-order valence-electron chi connectivity index (χ4n) is 3.14. The van der Waals surface area contributed by atoms with Crippen molar-refractivity contribution in [2.24, 2.45) is 4.99 Å². The molecule has 0 unspecified atom stereocenters. The Morgan fingerprint density at radius 1 is 1.43 bits per heavy atom. The van der Waals surface area contributed by atoms with E-state index in [2.05, 4.69) is 26.7 Å². The van der Waals surface area contributed by atoms with Crippen molar-refractivity contribution in [1.29, 1.82) is 0 Å². The average molecular weight is 329 g/mol. The van der Waals surface area contributed by atoms with Gasteiger partial charge in [-0.1, -0.05) is 30.0 Å². The minimum absolute atomic E-state index is 0.0431. The summed E-state index contributed by atoms with van der Waals surface area (Å²) in [6.07, 6.45) is 2.28. The molecule has 0 aliphatic carbocycles. The summed E-state index contributed by atoms with van der Waals surface area (Å²) in [5.74, 6) is 0.985. The number of amides is 1. The van der Waals surface area contributed by atoms with Crippen LogP contribution in [0.1, 0.15) is 18.4 Å². The molecule has 120 valence electrons. The maximum absolute atomic E-state index is 12.4. The Morgan fingerprint density at radius 2 is 2.35 bits per heavy atom. The Kier molecular flexibility index (Phi) is 3.99. The Morgan fingerprint density at radius 3 is 3.30 bits per heavy atom. The third kappa shape index (κ3) is 3.08. The van der Waals surface area contributed by atoms with Crippen LogP contribution in [-0.2, 0) is 11.2 Å². The summed E-state index contributed by atoms with van der Waals surface area (Å²) >= 11 is 1.62. The van der Waals surface area contributed by atoms with Crippen molar-refractivity contribution in [3.05, 3.63) is 40.9 Å². The van der Waals surface area contributed by atoms with E-state index < -0.39 is 0 Å². The maximum atomic E-state index is 12.4. The van der Waals surface area contributed by atoms with Crippen LogP contribution in [-0.4, -0.2) is 41.7 Å². The smallest absolute Gasteiger partial charge is 0.226 e. The zero-order valence-corrected chi connectivity index (χ0v) is 13.6. The van der Waals surface area contributed by atoms with E-state index in [1.807, 2.05) is 18.2 Å². The third-order valence-corrected chi connectivity index (χ3v) is 5.20. The molecular formula is C17H19N3O2S. The molecule has 1 aromatic carbocycles. The number of amidine groups is 1. The van der Waals surface area contributed by atoms with E-state index in [0.29, 0.717) is 13.0 Å². The van der Waals surface area contributed by atoms with Crippen LogP contribution in [0.4, 0.5) is 0 Å². The number of rotatable bonds is 3. The molecule has 23 heavy (non-hydrogen) atoms. The fraction of sp³-hybridized carbons (Fsp3) is 0.412. The second-order valence-corrected chi connectivity index (χ2v) is 6.80. The number of para-hydroxylation sites is 1. The minimum atomic E-state index is 0.0431. The molecule has 0 radical (unpaired) electrons. The van der Waals surface area contributed by atoms with E-state index in [0.717, 1.165) is 48.1 Å². The molecule has 1 N–H and O–H groups in total. The normalized spacial score (nSPS) is 22.4. The average Bonchev–Trinajstić information content (AvgIpc) is 2.98. The largest absolute Gasteiger partial charge is 0.491 e. The Labute approximate surface area is 139 Å². The standard InChI is InChI=1S/C17H19N3O2S/c21-16(9-14-11-23-17-18-6-3-7-20(14)17)19-13-8-12-4-1-2-5-15(12)22-10-13/h1-2,4-5,11,13H,3,6-10H2,(H,19,21)/t13-/m1/s1. The van der Waals surface area contributed by atoms with E-state index in [1.54, 1.807) is 11.8 Å². The lowest BCUT2D eigenvalue weighted by Crippen LogP contribution is -2.43. The van der Waals surface area contributed by atoms with Gasteiger partial charge in [0.25, 0.3) is 0 Å².